The minimum absolute atomic E-state index is 0.0643. The van der Waals surface area contributed by atoms with Gasteiger partial charge in [-0.2, -0.15) is 18.4 Å². The molecule has 2 unspecified atom stereocenters. The molecule has 4 saturated heterocycles. The summed E-state index contributed by atoms with van der Waals surface area (Å²) in [5.74, 6) is -3.54. The molecule has 2 bridgehead atoms. The van der Waals surface area contributed by atoms with Gasteiger partial charge in [-0.25, -0.2) is 14.5 Å². The average molecular weight is 636 g/mol. The molecule has 1 aromatic rings. The fraction of sp³-hybridized carbons (Fsp3) is 0.633. The number of hydrogen-bond donors (Lipinski definition) is 0. The number of nitrogens with zero attached hydrogens (tertiary/aromatic N) is 5. The molecule has 5 rings (SSSR count). The molecule has 4 fully saturated rings. The first-order chi connectivity index (χ1) is 20.9. The second-order valence-corrected chi connectivity index (χ2v) is 13.3. The predicted molar refractivity (Wildman–Crippen MR) is 151 cm³/mol. The maximum Gasteiger partial charge on any atom is 0.417 e. The summed E-state index contributed by atoms with van der Waals surface area (Å²) in [6.45, 7) is 11.1. The molecule has 0 spiro atoms. The van der Waals surface area contributed by atoms with Crippen molar-refractivity contribution >= 4 is 29.7 Å². The number of amides is 4. The standard InChI is InChI=1S/C30H36F3N5O7/c1-27(2,3)44-26(42)36-10-8-35(9-11-36)12-13-43-25(41)37-16-28(4)21-22(29(5,17-37)45-28)24(40)38(23(21)39)19-7-6-18(15-34)20(14-19)30(31,32)33/h6-7,14,21-22H,8-13,16-17H2,1-5H3/t21-,22+,28?,29?. The summed E-state index contributed by atoms with van der Waals surface area (Å²) < 4.78 is 58.0. The number of rotatable bonds is 4. The Morgan fingerprint density at radius 3 is 2.07 bits per heavy atom. The maximum absolute atomic E-state index is 13.7. The lowest BCUT2D eigenvalue weighted by atomic mass is 9.79. The van der Waals surface area contributed by atoms with Crippen LogP contribution in [0.2, 0.25) is 0 Å². The topological polar surface area (TPSA) is 133 Å². The highest BCUT2D eigenvalue weighted by Gasteiger charge is 2.72. The van der Waals surface area contributed by atoms with Crippen LogP contribution < -0.4 is 4.90 Å². The van der Waals surface area contributed by atoms with Crippen molar-refractivity contribution < 1.29 is 46.6 Å². The lowest BCUT2D eigenvalue weighted by Crippen LogP contribution is -2.59. The molecule has 4 aliphatic rings. The van der Waals surface area contributed by atoms with Gasteiger partial charge in [0.05, 0.1) is 59.0 Å². The molecule has 12 nitrogen and oxygen atoms in total. The van der Waals surface area contributed by atoms with Gasteiger partial charge in [0.1, 0.15) is 12.2 Å². The minimum atomic E-state index is -4.87. The number of benzene rings is 1. The van der Waals surface area contributed by atoms with Crippen LogP contribution in [-0.4, -0.2) is 108 Å². The van der Waals surface area contributed by atoms with Gasteiger partial charge in [0.2, 0.25) is 11.8 Å². The Kier molecular flexibility index (Phi) is 8.06. The molecule has 0 saturated carbocycles. The number of halogens is 3. The van der Waals surface area contributed by atoms with Crippen LogP contribution in [0.15, 0.2) is 18.2 Å². The smallest absolute Gasteiger partial charge is 0.417 e. The summed E-state index contributed by atoms with van der Waals surface area (Å²) in [6, 6.07) is 4.21. The zero-order valence-electron chi connectivity index (χ0n) is 25.8. The van der Waals surface area contributed by atoms with Gasteiger partial charge >= 0.3 is 18.4 Å². The highest BCUT2D eigenvalue weighted by molar-refractivity contribution is 6.23. The molecule has 0 N–H and O–H groups in total. The molecule has 0 aliphatic carbocycles. The van der Waals surface area contributed by atoms with Crippen molar-refractivity contribution in [3.8, 4) is 6.07 Å². The molecule has 4 amide bonds. The fourth-order valence-corrected chi connectivity index (χ4v) is 6.85. The van der Waals surface area contributed by atoms with Crippen LogP contribution in [0.1, 0.15) is 45.7 Å². The SMILES string of the molecule is CC(C)(C)OC(=O)N1CCN(CCOC(=O)N2CC3(C)OC(C)(C2)[C@H]2C(=O)N(c4ccc(C#N)c(C(F)(F)F)c4)C(=O)[C@H]23)CC1. The Hall–Kier alpha value is -3.90. The zero-order valence-corrected chi connectivity index (χ0v) is 25.8. The van der Waals surface area contributed by atoms with E-state index in [0.717, 1.165) is 17.0 Å². The summed E-state index contributed by atoms with van der Waals surface area (Å²) in [5, 5.41) is 9.12. The molecule has 4 heterocycles. The van der Waals surface area contributed by atoms with Crippen molar-refractivity contribution in [3.05, 3.63) is 29.3 Å². The first kappa shape index (κ1) is 32.5. The Bertz CT molecular complexity index is 1410. The van der Waals surface area contributed by atoms with E-state index >= 15 is 0 Å². The first-order valence-corrected chi connectivity index (χ1v) is 14.7. The molecule has 15 heteroatoms. The first-order valence-electron chi connectivity index (χ1n) is 14.7. The van der Waals surface area contributed by atoms with Crippen LogP contribution in [0.5, 0.6) is 0 Å². The largest absolute Gasteiger partial charge is 0.448 e. The highest BCUT2D eigenvalue weighted by Crippen LogP contribution is 2.55. The monoisotopic (exact) mass is 635 g/mol. The van der Waals surface area contributed by atoms with Crippen LogP contribution in [-0.2, 0) is 30.0 Å². The van der Waals surface area contributed by atoms with E-state index in [-0.39, 0.29) is 31.5 Å². The third-order valence-corrected chi connectivity index (χ3v) is 8.70. The maximum atomic E-state index is 13.7. The number of morpholine rings is 1. The van der Waals surface area contributed by atoms with E-state index < -0.39 is 63.8 Å². The number of imide groups is 1. The van der Waals surface area contributed by atoms with Crippen LogP contribution in [0, 0.1) is 23.2 Å². The van der Waals surface area contributed by atoms with E-state index in [1.165, 1.54) is 11.0 Å². The average Bonchev–Trinajstić information content (AvgIpc) is 3.31. The molecule has 45 heavy (non-hydrogen) atoms. The number of nitriles is 1. The highest BCUT2D eigenvalue weighted by atomic mass is 19.4. The molecule has 4 aliphatic heterocycles. The predicted octanol–water partition coefficient (Wildman–Crippen LogP) is 3.24. The number of alkyl halides is 3. The summed E-state index contributed by atoms with van der Waals surface area (Å²) in [7, 11) is 0. The van der Waals surface area contributed by atoms with Crippen LogP contribution in [0.4, 0.5) is 28.4 Å². The number of ether oxygens (including phenoxy) is 3. The van der Waals surface area contributed by atoms with Crippen molar-refractivity contribution in [3.63, 3.8) is 0 Å². The number of hydrogen-bond acceptors (Lipinski definition) is 9. The van der Waals surface area contributed by atoms with E-state index in [1.54, 1.807) is 39.5 Å². The van der Waals surface area contributed by atoms with Crippen molar-refractivity contribution in [1.29, 1.82) is 5.26 Å². The van der Waals surface area contributed by atoms with Gasteiger partial charge in [0, 0.05) is 32.7 Å². The van der Waals surface area contributed by atoms with Gasteiger partial charge in [-0.05, 0) is 52.8 Å². The van der Waals surface area contributed by atoms with Crippen LogP contribution in [0.3, 0.4) is 0 Å². The third kappa shape index (κ3) is 6.05. The molecule has 244 valence electrons. The minimum Gasteiger partial charge on any atom is -0.448 e. The van der Waals surface area contributed by atoms with Gasteiger partial charge in [0.15, 0.2) is 0 Å². The summed E-state index contributed by atoms with van der Waals surface area (Å²) in [5.41, 5.74) is -5.32. The Morgan fingerprint density at radius 2 is 1.56 bits per heavy atom. The Morgan fingerprint density at radius 1 is 0.978 bits per heavy atom. The van der Waals surface area contributed by atoms with Crippen molar-refractivity contribution in [2.45, 2.75) is 57.6 Å². The van der Waals surface area contributed by atoms with E-state index in [1.807, 2.05) is 0 Å². The third-order valence-electron chi connectivity index (χ3n) is 8.70. The van der Waals surface area contributed by atoms with Gasteiger partial charge < -0.3 is 24.0 Å². The summed E-state index contributed by atoms with van der Waals surface area (Å²) in [4.78, 5) is 58.6. The van der Waals surface area contributed by atoms with Crippen molar-refractivity contribution in [2.75, 3.05) is 57.3 Å². The van der Waals surface area contributed by atoms with Crippen molar-refractivity contribution in [2.24, 2.45) is 11.8 Å². The quantitative estimate of drug-likeness (QED) is 0.458. The molecule has 0 radical (unpaired) electrons. The van der Waals surface area contributed by atoms with Gasteiger partial charge in [0.25, 0.3) is 0 Å². The van der Waals surface area contributed by atoms with Gasteiger partial charge in [-0.3, -0.25) is 14.5 Å². The van der Waals surface area contributed by atoms with Crippen LogP contribution in [0.25, 0.3) is 0 Å². The van der Waals surface area contributed by atoms with Gasteiger partial charge in [-0.15, -0.1) is 0 Å². The molecule has 1 aromatic carbocycles. The summed E-state index contributed by atoms with van der Waals surface area (Å²) >= 11 is 0. The molecular formula is C30H36F3N5O7. The Balaban J connectivity index is 1.21. The number of carbonyl (C=O) groups is 4. The van der Waals surface area contributed by atoms with E-state index in [2.05, 4.69) is 4.90 Å². The number of likely N-dealkylation sites (tertiary alicyclic amines) is 1. The second-order valence-electron chi connectivity index (χ2n) is 13.3. The second kappa shape index (κ2) is 11.2. The lowest BCUT2D eigenvalue weighted by Gasteiger charge is -2.44. The molecule has 0 aromatic heterocycles. The number of piperazine rings is 1. The number of anilines is 1. The molecular weight excluding hydrogens is 599 g/mol. The van der Waals surface area contributed by atoms with E-state index in [9.17, 15) is 32.3 Å². The lowest BCUT2D eigenvalue weighted by molar-refractivity contribution is -0.164. The number of carbonyl (C=O) groups excluding carboxylic acids is 4. The summed E-state index contributed by atoms with van der Waals surface area (Å²) in [6.07, 6.45) is -5.87. The van der Waals surface area contributed by atoms with E-state index in [4.69, 9.17) is 19.5 Å². The normalized spacial score (nSPS) is 28.6. The fourth-order valence-electron chi connectivity index (χ4n) is 6.85. The zero-order chi connectivity index (χ0) is 33.1. The van der Waals surface area contributed by atoms with Gasteiger partial charge in [-0.1, -0.05) is 0 Å². The van der Waals surface area contributed by atoms with E-state index in [0.29, 0.717) is 38.8 Å². The number of fused-ring (bicyclic) bond motifs is 5. The molecule has 4 atom stereocenters. The Labute approximate surface area is 258 Å². The van der Waals surface area contributed by atoms with Crippen molar-refractivity contribution in [1.82, 2.24) is 14.7 Å². The van der Waals surface area contributed by atoms with Crippen LogP contribution >= 0.6 is 0 Å².